The molecule has 0 saturated carbocycles. The molecule has 148 valence electrons. The molecule has 1 unspecified atom stereocenters. The number of morpholine rings is 1. The van der Waals surface area contributed by atoms with Gasteiger partial charge in [0.1, 0.15) is 0 Å². The van der Waals surface area contributed by atoms with E-state index in [2.05, 4.69) is 22.3 Å². The molecule has 0 aliphatic carbocycles. The van der Waals surface area contributed by atoms with E-state index in [-0.39, 0.29) is 28.2 Å². The fourth-order valence-corrected chi connectivity index (χ4v) is 3.57. The summed E-state index contributed by atoms with van der Waals surface area (Å²) in [6.45, 7) is 5.32. The Morgan fingerprint density at radius 1 is 1.29 bits per heavy atom. The van der Waals surface area contributed by atoms with Crippen LogP contribution in [-0.4, -0.2) is 48.6 Å². The van der Waals surface area contributed by atoms with Gasteiger partial charge in [-0.25, -0.2) is 0 Å². The van der Waals surface area contributed by atoms with Crippen molar-refractivity contribution in [3.8, 4) is 0 Å². The Morgan fingerprint density at radius 3 is 2.68 bits per heavy atom. The van der Waals surface area contributed by atoms with Crippen LogP contribution in [0, 0.1) is 17.0 Å². The summed E-state index contributed by atoms with van der Waals surface area (Å²) in [5.74, 6) is -0.356. The Balaban J connectivity index is 1.76. The summed E-state index contributed by atoms with van der Waals surface area (Å²) in [6, 6.07) is 12.1. The molecule has 8 heteroatoms. The highest BCUT2D eigenvalue weighted by Crippen LogP contribution is 2.24. The minimum atomic E-state index is -0.542. The summed E-state index contributed by atoms with van der Waals surface area (Å²) in [5, 5.41) is 13.8. The van der Waals surface area contributed by atoms with Gasteiger partial charge in [0.2, 0.25) is 0 Å². The van der Waals surface area contributed by atoms with Gasteiger partial charge in [0.05, 0.1) is 34.8 Å². The lowest BCUT2D eigenvalue weighted by Gasteiger charge is -2.35. The predicted octanol–water partition coefficient (Wildman–Crippen LogP) is 3.36. The number of nitro groups is 1. The van der Waals surface area contributed by atoms with Crippen molar-refractivity contribution < 1.29 is 14.5 Å². The average Bonchev–Trinajstić information content (AvgIpc) is 2.68. The maximum Gasteiger partial charge on any atom is 0.270 e. The lowest BCUT2D eigenvalue weighted by Crippen LogP contribution is -2.43. The van der Waals surface area contributed by atoms with Gasteiger partial charge < -0.3 is 10.1 Å². The molecule has 1 heterocycles. The molecule has 0 bridgehead atoms. The molecule has 0 radical (unpaired) electrons. The molecule has 3 rings (SSSR count). The van der Waals surface area contributed by atoms with Crippen molar-refractivity contribution in [1.29, 1.82) is 0 Å². The van der Waals surface area contributed by atoms with Crippen molar-refractivity contribution in [2.24, 2.45) is 0 Å². The Hall–Kier alpha value is -2.48. The van der Waals surface area contributed by atoms with E-state index in [1.54, 1.807) is 0 Å². The van der Waals surface area contributed by atoms with E-state index >= 15 is 0 Å². The number of ether oxygens (including phenoxy) is 1. The quantitative estimate of drug-likeness (QED) is 0.590. The molecule has 1 atom stereocenters. The predicted molar refractivity (Wildman–Crippen MR) is 107 cm³/mol. The van der Waals surface area contributed by atoms with Gasteiger partial charge in [0.15, 0.2) is 0 Å². The number of nitrogens with zero attached hydrogens (tertiary/aromatic N) is 2. The van der Waals surface area contributed by atoms with Gasteiger partial charge in [0, 0.05) is 31.8 Å². The van der Waals surface area contributed by atoms with E-state index in [0.29, 0.717) is 19.8 Å². The number of rotatable bonds is 6. The van der Waals surface area contributed by atoms with Gasteiger partial charge in [-0.2, -0.15) is 0 Å². The van der Waals surface area contributed by atoms with E-state index in [0.717, 1.165) is 24.2 Å². The molecule has 2 aromatic rings. The Labute approximate surface area is 168 Å². The molecular weight excluding hydrogens is 382 g/mol. The number of aryl methyl sites for hydroxylation is 1. The molecule has 1 N–H and O–H groups in total. The van der Waals surface area contributed by atoms with Crippen LogP contribution in [0.5, 0.6) is 0 Å². The smallest absolute Gasteiger partial charge is 0.270 e. The van der Waals surface area contributed by atoms with Crippen molar-refractivity contribution in [2.45, 2.75) is 13.0 Å². The number of non-ortho nitro benzene ring substituents is 1. The van der Waals surface area contributed by atoms with E-state index < -0.39 is 4.92 Å². The van der Waals surface area contributed by atoms with Gasteiger partial charge >= 0.3 is 0 Å². The minimum absolute atomic E-state index is 0.00424. The fourth-order valence-electron chi connectivity index (χ4n) is 3.31. The second-order valence-corrected chi connectivity index (χ2v) is 7.12. The first-order chi connectivity index (χ1) is 13.5. The highest BCUT2D eigenvalue weighted by Gasteiger charge is 2.24. The van der Waals surface area contributed by atoms with Crippen LogP contribution in [0.25, 0.3) is 0 Å². The van der Waals surface area contributed by atoms with Gasteiger partial charge in [0.25, 0.3) is 11.6 Å². The number of halogens is 1. The molecule has 0 aromatic heterocycles. The zero-order valence-electron chi connectivity index (χ0n) is 15.6. The van der Waals surface area contributed by atoms with Crippen LogP contribution in [0.15, 0.2) is 42.5 Å². The monoisotopic (exact) mass is 403 g/mol. The van der Waals surface area contributed by atoms with E-state index in [1.165, 1.54) is 18.2 Å². The van der Waals surface area contributed by atoms with Crippen molar-refractivity contribution in [1.82, 2.24) is 10.2 Å². The second kappa shape index (κ2) is 9.14. The van der Waals surface area contributed by atoms with Gasteiger partial charge in [-0.15, -0.1) is 0 Å². The Bertz CT molecular complexity index is 868. The zero-order chi connectivity index (χ0) is 20.1. The number of hydrogen-bond acceptors (Lipinski definition) is 5. The molecule has 1 amide bonds. The number of benzene rings is 2. The van der Waals surface area contributed by atoms with Crippen LogP contribution in [-0.2, 0) is 4.74 Å². The van der Waals surface area contributed by atoms with Crippen LogP contribution in [0.1, 0.15) is 27.5 Å². The Kier molecular flexibility index (Phi) is 6.61. The van der Waals surface area contributed by atoms with Crippen molar-refractivity contribution in [3.63, 3.8) is 0 Å². The molecule has 1 aliphatic heterocycles. The first kappa shape index (κ1) is 20.3. The number of carbonyl (C=O) groups is 1. The molecule has 7 nitrogen and oxygen atoms in total. The third-order valence-corrected chi connectivity index (χ3v) is 5.09. The van der Waals surface area contributed by atoms with Gasteiger partial charge in [-0.3, -0.25) is 19.8 Å². The molecule has 1 fully saturated rings. The number of carbonyl (C=O) groups excluding carboxylic acids is 1. The first-order valence-corrected chi connectivity index (χ1v) is 9.44. The van der Waals surface area contributed by atoms with Crippen LogP contribution in [0.4, 0.5) is 5.69 Å². The molecule has 1 saturated heterocycles. The molecule has 1 aliphatic rings. The van der Waals surface area contributed by atoms with Crippen molar-refractivity contribution in [2.75, 3.05) is 32.8 Å². The topological polar surface area (TPSA) is 84.7 Å². The van der Waals surface area contributed by atoms with Crippen LogP contribution in [0.3, 0.4) is 0 Å². The molecular formula is C20H22ClN3O4. The van der Waals surface area contributed by atoms with Crippen LogP contribution in [0.2, 0.25) is 5.02 Å². The molecule has 28 heavy (non-hydrogen) atoms. The minimum Gasteiger partial charge on any atom is -0.379 e. The van der Waals surface area contributed by atoms with Crippen molar-refractivity contribution >= 4 is 23.2 Å². The number of amides is 1. The molecule has 0 spiro atoms. The summed E-state index contributed by atoms with van der Waals surface area (Å²) in [7, 11) is 0. The fraction of sp³-hybridized carbons (Fsp3) is 0.350. The number of hydrogen-bond donors (Lipinski definition) is 1. The Morgan fingerprint density at radius 2 is 2.04 bits per heavy atom. The standard InChI is InChI=1S/C20H22ClN3O4/c1-14-3-2-4-15(11-14)19(23-7-9-28-10-8-23)13-22-20(25)17-6-5-16(24(26)27)12-18(17)21/h2-6,11-12,19H,7-10,13H2,1H3,(H,22,25). The first-order valence-electron chi connectivity index (χ1n) is 9.06. The van der Waals surface area contributed by atoms with E-state index in [4.69, 9.17) is 16.3 Å². The molecule has 2 aromatic carbocycles. The maximum absolute atomic E-state index is 12.6. The third-order valence-electron chi connectivity index (χ3n) is 4.78. The van der Waals surface area contributed by atoms with Crippen LogP contribution >= 0.6 is 11.6 Å². The number of nitro benzene ring substituents is 1. The number of nitrogens with one attached hydrogen (secondary N) is 1. The summed E-state index contributed by atoms with van der Waals surface area (Å²) in [5.41, 5.74) is 2.35. The summed E-state index contributed by atoms with van der Waals surface area (Å²) < 4.78 is 5.45. The lowest BCUT2D eigenvalue weighted by atomic mass is 10.0. The van der Waals surface area contributed by atoms with E-state index in [9.17, 15) is 14.9 Å². The van der Waals surface area contributed by atoms with Crippen molar-refractivity contribution in [3.05, 3.63) is 74.3 Å². The normalized spacial score (nSPS) is 15.8. The van der Waals surface area contributed by atoms with Gasteiger partial charge in [-0.05, 0) is 18.6 Å². The summed E-state index contributed by atoms with van der Waals surface area (Å²) in [6.07, 6.45) is 0. The lowest BCUT2D eigenvalue weighted by molar-refractivity contribution is -0.384. The van der Waals surface area contributed by atoms with Crippen LogP contribution < -0.4 is 5.32 Å². The van der Waals surface area contributed by atoms with E-state index in [1.807, 2.05) is 19.1 Å². The highest BCUT2D eigenvalue weighted by atomic mass is 35.5. The summed E-state index contributed by atoms with van der Waals surface area (Å²) in [4.78, 5) is 25.2. The average molecular weight is 404 g/mol. The highest BCUT2D eigenvalue weighted by molar-refractivity contribution is 6.34. The second-order valence-electron chi connectivity index (χ2n) is 6.71. The maximum atomic E-state index is 12.6. The largest absolute Gasteiger partial charge is 0.379 e. The van der Waals surface area contributed by atoms with Gasteiger partial charge in [-0.1, -0.05) is 41.4 Å². The summed E-state index contributed by atoms with van der Waals surface area (Å²) >= 11 is 6.08. The SMILES string of the molecule is Cc1cccc(C(CNC(=O)c2ccc([N+](=O)[O-])cc2Cl)N2CCOCC2)c1. The third kappa shape index (κ3) is 4.86. The zero-order valence-corrected chi connectivity index (χ0v) is 16.3.